The molecule has 12 heavy (non-hydrogen) atoms. The molecule has 0 atom stereocenters. The highest BCUT2D eigenvalue weighted by Crippen LogP contribution is 2.31. The number of thioether (sulfide) groups is 1. The number of carbonyl (C=O) groups excluding carboxylic acids is 1. The van der Waals surface area contributed by atoms with Crippen molar-refractivity contribution in [3.63, 3.8) is 0 Å². The molecule has 0 fully saturated rings. The van der Waals surface area contributed by atoms with Crippen LogP contribution in [0.4, 0.5) is 5.69 Å². The quantitative estimate of drug-likeness (QED) is 0.730. The fourth-order valence-corrected chi connectivity index (χ4v) is 2.79. The number of rotatable bonds is 3. The zero-order valence-electron chi connectivity index (χ0n) is 6.66. The molecule has 3 nitrogen and oxygen atoms in total. The van der Waals surface area contributed by atoms with E-state index < -0.39 is 5.91 Å². The van der Waals surface area contributed by atoms with Crippen molar-refractivity contribution in [3.8, 4) is 0 Å². The molecule has 0 saturated carbocycles. The summed E-state index contributed by atoms with van der Waals surface area (Å²) in [5.74, 6) is 0.526. The van der Waals surface area contributed by atoms with E-state index in [2.05, 4.69) is 0 Å². The first-order chi connectivity index (χ1) is 5.65. The van der Waals surface area contributed by atoms with Gasteiger partial charge in [-0.1, -0.05) is 6.92 Å². The fraction of sp³-hybridized carbons (Fsp3) is 0.286. The van der Waals surface area contributed by atoms with Gasteiger partial charge in [0, 0.05) is 0 Å². The van der Waals surface area contributed by atoms with Crippen LogP contribution >= 0.6 is 23.1 Å². The summed E-state index contributed by atoms with van der Waals surface area (Å²) in [5, 5.41) is 0. The van der Waals surface area contributed by atoms with Gasteiger partial charge in [0.25, 0.3) is 5.91 Å². The van der Waals surface area contributed by atoms with E-state index in [1.807, 2.05) is 6.92 Å². The van der Waals surface area contributed by atoms with Crippen LogP contribution in [0.25, 0.3) is 0 Å². The first-order valence-electron chi connectivity index (χ1n) is 3.47. The molecule has 1 heterocycles. The largest absolute Gasteiger partial charge is 0.397 e. The number of primary amides is 1. The lowest BCUT2D eigenvalue weighted by atomic mass is 10.4. The van der Waals surface area contributed by atoms with Gasteiger partial charge in [0.05, 0.1) is 9.90 Å². The maximum Gasteiger partial charge on any atom is 0.260 e. The highest BCUT2D eigenvalue weighted by molar-refractivity contribution is 8.01. The summed E-state index contributed by atoms with van der Waals surface area (Å²) in [6.45, 7) is 2.05. The average Bonchev–Trinajstić information content (AvgIpc) is 2.32. The molecule has 66 valence electrons. The summed E-state index contributed by atoms with van der Waals surface area (Å²) in [5.41, 5.74) is 11.2. The molecule has 0 unspecified atom stereocenters. The summed E-state index contributed by atoms with van der Waals surface area (Å²) >= 11 is 3.01. The molecule has 4 N–H and O–H groups in total. The van der Waals surface area contributed by atoms with Crippen LogP contribution in [0.1, 0.15) is 16.6 Å². The molecule has 0 aliphatic carbocycles. The number of amides is 1. The number of anilines is 1. The number of hydrogen-bond donors (Lipinski definition) is 2. The molecule has 1 aromatic rings. The topological polar surface area (TPSA) is 69.1 Å². The fourth-order valence-electron chi connectivity index (χ4n) is 0.787. The van der Waals surface area contributed by atoms with Crippen molar-refractivity contribution in [2.45, 2.75) is 11.1 Å². The molecule has 1 amide bonds. The molecule has 1 rings (SSSR count). The third kappa shape index (κ3) is 1.92. The molecular formula is C7H10N2OS2. The van der Waals surface area contributed by atoms with E-state index >= 15 is 0 Å². The zero-order valence-corrected chi connectivity index (χ0v) is 8.30. The predicted octanol–water partition coefficient (Wildman–Crippen LogP) is 1.54. The van der Waals surface area contributed by atoms with E-state index in [9.17, 15) is 4.79 Å². The van der Waals surface area contributed by atoms with Crippen LogP contribution in [0.15, 0.2) is 10.3 Å². The second-order valence-electron chi connectivity index (χ2n) is 2.15. The first-order valence-corrected chi connectivity index (χ1v) is 5.27. The maximum absolute atomic E-state index is 10.8. The molecule has 1 aromatic heterocycles. The zero-order chi connectivity index (χ0) is 9.14. The second-order valence-corrected chi connectivity index (χ2v) is 4.76. The second kappa shape index (κ2) is 3.82. The van der Waals surface area contributed by atoms with E-state index in [0.717, 1.165) is 9.96 Å². The van der Waals surface area contributed by atoms with Crippen LogP contribution in [-0.2, 0) is 0 Å². The van der Waals surface area contributed by atoms with Gasteiger partial charge in [0.2, 0.25) is 0 Å². The third-order valence-corrected chi connectivity index (χ3v) is 3.50. The van der Waals surface area contributed by atoms with Gasteiger partial charge >= 0.3 is 0 Å². The van der Waals surface area contributed by atoms with Crippen LogP contribution in [0, 0.1) is 0 Å². The van der Waals surface area contributed by atoms with Gasteiger partial charge < -0.3 is 11.5 Å². The minimum Gasteiger partial charge on any atom is -0.397 e. The van der Waals surface area contributed by atoms with Crippen molar-refractivity contribution < 1.29 is 4.79 Å². The summed E-state index contributed by atoms with van der Waals surface area (Å²) < 4.78 is 1.05. The van der Waals surface area contributed by atoms with Crippen molar-refractivity contribution in [1.29, 1.82) is 0 Å². The molecule has 0 radical (unpaired) electrons. The molecule has 0 saturated heterocycles. The SMILES string of the molecule is CCSc1cc(N)c(C(N)=O)s1. The first kappa shape index (κ1) is 9.41. The van der Waals surface area contributed by atoms with Gasteiger partial charge in [0.1, 0.15) is 4.88 Å². The Kier molecular flexibility index (Phi) is 2.99. The number of hydrogen-bond acceptors (Lipinski definition) is 4. The minimum absolute atomic E-state index is 0.444. The van der Waals surface area contributed by atoms with Crippen LogP contribution in [0.5, 0.6) is 0 Å². The Morgan fingerprint density at radius 3 is 2.83 bits per heavy atom. The van der Waals surface area contributed by atoms with Crippen molar-refractivity contribution in [2.75, 3.05) is 11.5 Å². The van der Waals surface area contributed by atoms with Gasteiger partial charge in [-0.2, -0.15) is 0 Å². The summed E-state index contributed by atoms with van der Waals surface area (Å²) in [6, 6.07) is 1.79. The highest BCUT2D eigenvalue weighted by atomic mass is 32.2. The van der Waals surface area contributed by atoms with E-state index in [1.165, 1.54) is 11.3 Å². The van der Waals surface area contributed by atoms with Crippen LogP contribution in [0.2, 0.25) is 0 Å². The molecule has 0 bridgehead atoms. The maximum atomic E-state index is 10.8. The predicted molar refractivity (Wildman–Crippen MR) is 53.6 cm³/mol. The van der Waals surface area contributed by atoms with Gasteiger partial charge in [-0.3, -0.25) is 4.79 Å². The Balaban J connectivity index is 2.92. The summed E-state index contributed by atoms with van der Waals surface area (Å²) in [7, 11) is 0. The van der Waals surface area contributed by atoms with Gasteiger partial charge in [-0.05, 0) is 11.8 Å². The minimum atomic E-state index is -0.444. The average molecular weight is 202 g/mol. The summed E-state index contributed by atoms with van der Waals surface area (Å²) in [6.07, 6.45) is 0. The Labute approximate surface area is 79.1 Å². The number of nitrogen functional groups attached to an aromatic ring is 1. The van der Waals surface area contributed by atoms with E-state index in [4.69, 9.17) is 11.5 Å². The normalized spacial score (nSPS) is 10.1. The lowest BCUT2D eigenvalue weighted by Gasteiger charge is -1.88. The molecule has 0 aliphatic rings. The molecular weight excluding hydrogens is 192 g/mol. The van der Waals surface area contributed by atoms with Gasteiger partial charge in [0.15, 0.2) is 0 Å². The number of thiophene rings is 1. The van der Waals surface area contributed by atoms with Crippen LogP contribution in [0.3, 0.4) is 0 Å². The van der Waals surface area contributed by atoms with Crippen molar-refractivity contribution >= 4 is 34.7 Å². The standard InChI is InChI=1S/C7H10N2OS2/c1-2-11-5-3-4(8)6(12-5)7(9)10/h3H,2,8H2,1H3,(H2,9,10). The molecule has 0 aliphatic heterocycles. The highest BCUT2D eigenvalue weighted by Gasteiger charge is 2.10. The molecule has 5 heteroatoms. The van der Waals surface area contributed by atoms with Crippen molar-refractivity contribution in [2.24, 2.45) is 5.73 Å². The van der Waals surface area contributed by atoms with Crippen LogP contribution < -0.4 is 11.5 Å². The van der Waals surface area contributed by atoms with Crippen LogP contribution in [-0.4, -0.2) is 11.7 Å². The Hall–Kier alpha value is -0.680. The van der Waals surface area contributed by atoms with Gasteiger partial charge in [-0.15, -0.1) is 23.1 Å². The number of carbonyl (C=O) groups is 1. The molecule has 0 spiro atoms. The Morgan fingerprint density at radius 1 is 1.75 bits per heavy atom. The molecule has 0 aromatic carbocycles. The Bertz CT molecular complexity index is 296. The number of nitrogens with two attached hydrogens (primary N) is 2. The third-order valence-electron chi connectivity index (χ3n) is 1.25. The summed E-state index contributed by atoms with van der Waals surface area (Å²) in [4.78, 5) is 11.2. The van der Waals surface area contributed by atoms with Crippen molar-refractivity contribution in [3.05, 3.63) is 10.9 Å². The van der Waals surface area contributed by atoms with Crippen molar-refractivity contribution in [1.82, 2.24) is 0 Å². The Morgan fingerprint density at radius 2 is 2.42 bits per heavy atom. The van der Waals surface area contributed by atoms with E-state index in [1.54, 1.807) is 17.8 Å². The smallest absolute Gasteiger partial charge is 0.260 e. The lowest BCUT2D eigenvalue weighted by Crippen LogP contribution is -2.10. The lowest BCUT2D eigenvalue weighted by molar-refractivity contribution is 0.100. The van der Waals surface area contributed by atoms with E-state index in [-0.39, 0.29) is 0 Å². The van der Waals surface area contributed by atoms with E-state index in [0.29, 0.717) is 10.6 Å². The van der Waals surface area contributed by atoms with Gasteiger partial charge in [-0.25, -0.2) is 0 Å². The monoisotopic (exact) mass is 202 g/mol.